The maximum absolute atomic E-state index is 6.56. The van der Waals surface area contributed by atoms with Crippen molar-refractivity contribution < 1.29 is 4.42 Å². The van der Waals surface area contributed by atoms with E-state index >= 15 is 0 Å². The Morgan fingerprint density at radius 3 is 1.50 bits per heavy atom. The summed E-state index contributed by atoms with van der Waals surface area (Å²) in [6, 6.07) is 44.8. The van der Waals surface area contributed by atoms with E-state index < -0.39 is 0 Å². The molecular weight excluding hydrogens is 490 g/mol. The molecular formula is C36H23N3O. The average Bonchev–Trinajstić information content (AvgIpc) is 3.65. The van der Waals surface area contributed by atoms with Crippen LogP contribution in [0, 0.1) is 0 Å². The third-order valence-corrected chi connectivity index (χ3v) is 8.26. The number of benzene rings is 6. The molecule has 2 N–H and O–H groups in total. The molecule has 0 unspecified atom stereocenters. The molecule has 0 atom stereocenters. The molecule has 0 aliphatic carbocycles. The first-order chi connectivity index (χ1) is 19.8. The zero-order chi connectivity index (χ0) is 26.4. The third-order valence-electron chi connectivity index (χ3n) is 8.26. The number of para-hydroxylation sites is 4. The van der Waals surface area contributed by atoms with E-state index in [-0.39, 0.29) is 0 Å². The van der Waals surface area contributed by atoms with Crippen LogP contribution >= 0.6 is 0 Å². The van der Waals surface area contributed by atoms with E-state index in [2.05, 4.69) is 124 Å². The summed E-state index contributed by atoms with van der Waals surface area (Å²) in [4.78, 5) is 0. The van der Waals surface area contributed by atoms with E-state index in [1.165, 1.54) is 27.2 Å². The minimum absolute atomic E-state index is 0.763. The number of hydrogen-bond acceptors (Lipinski definition) is 2. The zero-order valence-electron chi connectivity index (χ0n) is 21.5. The number of nitrogens with zero attached hydrogens (tertiary/aromatic N) is 2. The van der Waals surface area contributed by atoms with Gasteiger partial charge in [-0.05, 0) is 60.7 Å². The lowest BCUT2D eigenvalue weighted by Gasteiger charge is -2.10. The second-order valence-electron chi connectivity index (χ2n) is 10.4. The molecule has 9 rings (SSSR count). The Labute approximate surface area is 229 Å². The molecule has 0 bridgehead atoms. The van der Waals surface area contributed by atoms with Gasteiger partial charge < -0.3 is 19.3 Å². The normalized spacial score (nSPS) is 12.1. The summed E-state index contributed by atoms with van der Waals surface area (Å²) in [5.41, 5.74) is 15.8. The van der Waals surface area contributed by atoms with Crippen molar-refractivity contribution in [1.29, 1.82) is 0 Å². The highest BCUT2D eigenvalue weighted by molar-refractivity contribution is 6.14. The minimum Gasteiger partial charge on any atom is -0.456 e. The van der Waals surface area contributed by atoms with Gasteiger partial charge in [-0.25, -0.2) is 0 Å². The van der Waals surface area contributed by atoms with Crippen LogP contribution in [-0.2, 0) is 0 Å². The van der Waals surface area contributed by atoms with E-state index in [0.717, 1.165) is 55.4 Å². The van der Waals surface area contributed by atoms with Crippen molar-refractivity contribution >= 4 is 71.2 Å². The van der Waals surface area contributed by atoms with E-state index in [1.807, 2.05) is 12.1 Å². The van der Waals surface area contributed by atoms with Gasteiger partial charge in [0.1, 0.15) is 11.2 Å². The standard InChI is InChI=1S/C36H23N3O/c37-30-12-7-11-27-26-10-3-6-15-33(26)39(36(27)30)23-17-19-35-29(21-23)28-20-22(16-18-34(28)40-35)38-31-13-4-1-8-24(31)25-9-2-5-14-32(25)38/h1-21H,37H2. The summed E-state index contributed by atoms with van der Waals surface area (Å²) in [5, 5.41) is 7.01. The lowest BCUT2D eigenvalue weighted by Crippen LogP contribution is -1.97. The lowest BCUT2D eigenvalue weighted by molar-refractivity contribution is 0.669. The molecule has 0 fully saturated rings. The highest BCUT2D eigenvalue weighted by atomic mass is 16.3. The largest absolute Gasteiger partial charge is 0.456 e. The minimum atomic E-state index is 0.763. The van der Waals surface area contributed by atoms with E-state index in [1.54, 1.807) is 0 Å². The molecule has 0 radical (unpaired) electrons. The number of fused-ring (bicyclic) bond motifs is 9. The fourth-order valence-corrected chi connectivity index (χ4v) is 6.55. The van der Waals surface area contributed by atoms with Gasteiger partial charge in [-0.3, -0.25) is 0 Å². The predicted molar refractivity (Wildman–Crippen MR) is 167 cm³/mol. The van der Waals surface area contributed by atoms with Crippen LogP contribution in [-0.4, -0.2) is 9.13 Å². The second-order valence-corrected chi connectivity index (χ2v) is 10.4. The van der Waals surface area contributed by atoms with E-state index in [9.17, 15) is 0 Å². The number of hydrogen-bond donors (Lipinski definition) is 1. The monoisotopic (exact) mass is 513 g/mol. The highest BCUT2D eigenvalue weighted by Crippen LogP contribution is 2.39. The molecule has 0 saturated carbocycles. The fourth-order valence-electron chi connectivity index (χ4n) is 6.55. The van der Waals surface area contributed by atoms with Gasteiger partial charge in [0.05, 0.1) is 27.8 Å². The van der Waals surface area contributed by atoms with Crippen molar-refractivity contribution in [1.82, 2.24) is 9.13 Å². The summed E-state index contributed by atoms with van der Waals surface area (Å²) in [7, 11) is 0. The molecule has 0 aliphatic rings. The Hall–Kier alpha value is -5.48. The number of nitrogen functional groups attached to an aromatic ring is 1. The van der Waals surface area contributed by atoms with Crippen molar-refractivity contribution in [3.8, 4) is 11.4 Å². The molecule has 3 heterocycles. The summed E-state index contributed by atoms with van der Waals surface area (Å²) < 4.78 is 10.9. The summed E-state index contributed by atoms with van der Waals surface area (Å²) in [6.07, 6.45) is 0. The van der Waals surface area contributed by atoms with Crippen LogP contribution in [0.1, 0.15) is 0 Å². The first-order valence-corrected chi connectivity index (χ1v) is 13.5. The van der Waals surface area contributed by atoms with Crippen molar-refractivity contribution in [2.45, 2.75) is 0 Å². The Kier molecular flexibility index (Phi) is 4.17. The van der Waals surface area contributed by atoms with Crippen LogP contribution in [0.25, 0.3) is 76.9 Å². The summed E-state index contributed by atoms with van der Waals surface area (Å²) >= 11 is 0. The van der Waals surface area contributed by atoms with Crippen molar-refractivity contribution in [2.75, 3.05) is 5.73 Å². The number of furan rings is 1. The van der Waals surface area contributed by atoms with E-state index in [4.69, 9.17) is 10.2 Å². The van der Waals surface area contributed by atoms with E-state index in [0.29, 0.717) is 0 Å². The molecule has 0 amide bonds. The Bertz CT molecular complexity index is 2400. The predicted octanol–water partition coefficient (Wildman–Crippen LogP) is 9.36. The molecule has 4 nitrogen and oxygen atoms in total. The van der Waals surface area contributed by atoms with Gasteiger partial charge in [0.25, 0.3) is 0 Å². The van der Waals surface area contributed by atoms with Crippen molar-refractivity contribution in [2.24, 2.45) is 0 Å². The first kappa shape index (κ1) is 21.5. The second kappa shape index (κ2) is 7.78. The smallest absolute Gasteiger partial charge is 0.135 e. The van der Waals surface area contributed by atoms with Crippen LogP contribution in [0.2, 0.25) is 0 Å². The van der Waals surface area contributed by atoms with Crippen molar-refractivity contribution in [3.63, 3.8) is 0 Å². The SMILES string of the molecule is Nc1cccc2c3ccccc3n(-c3ccc4oc5ccc(-n6c7ccccc7c7ccccc76)cc5c4c3)c12. The molecule has 6 aromatic carbocycles. The van der Waals surface area contributed by atoms with Crippen molar-refractivity contribution in [3.05, 3.63) is 127 Å². The maximum atomic E-state index is 6.56. The number of anilines is 1. The molecule has 4 heteroatoms. The third kappa shape index (κ3) is 2.79. The van der Waals surface area contributed by atoms with Gasteiger partial charge in [0, 0.05) is 43.7 Å². The summed E-state index contributed by atoms with van der Waals surface area (Å²) in [6.45, 7) is 0. The molecule has 0 aliphatic heterocycles. The van der Waals surface area contributed by atoms with Gasteiger partial charge >= 0.3 is 0 Å². The maximum Gasteiger partial charge on any atom is 0.135 e. The molecule has 0 saturated heterocycles. The number of rotatable bonds is 2. The lowest BCUT2D eigenvalue weighted by atomic mass is 10.1. The molecule has 9 aromatic rings. The number of nitrogens with two attached hydrogens (primary N) is 1. The van der Waals surface area contributed by atoms with Crippen LogP contribution in [0.3, 0.4) is 0 Å². The van der Waals surface area contributed by atoms with Gasteiger partial charge in [-0.2, -0.15) is 0 Å². The fraction of sp³-hybridized carbons (Fsp3) is 0. The Morgan fingerprint density at radius 1 is 0.425 bits per heavy atom. The quantitative estimate of drug-likeness (QED) is 0.234. The molecule has 0 spiro atoms. The molecule has 3 aromatic heterocycles. The number of aromatic nitrogens is 2. The van der Waals surface area contributed by atoms with Gasteiger partial charge in [-0.15, -0.1) is 0 Å². The molecule has 188 valence electrons. The topological polar surface area (TPSA) is 49.0 Å². The van der Waals surface area contributed by atoms with Gasteiger partial charge in [0.2, 0.25) is 0 Å². The van der Waals surface area contributed by atoms with Crippen LogP contribution < -0.4 is 5.73 Å². The van der Waals surface area contributed by atoms with Crippen LogP contribution in [0.4, 0.5) is 5.69 Å². The molecule has 40 heavy (non-hydrogen) atoms. The van der Waals surface area contributed by atoms with Gasteiger partial charge in [0.15, 0.2) is 0 Å². The van der Waals surface area contributed by atoms with Crippen LogP contribution in [0.5, 0.6) is 0 Å². The highest BCUT2D eigenvalue weighted by Gasteiger charge is 2.17. The first-order valence-electron chi connectivity index (χ1n) is 13.5. The zero-order valence-corrected chi connectivity index (χ0v) is 21.5. The summed E-state index contributed by atoms with van der Waals surface area (Å²) in [5.74, 6) is 0. The Morgan fingerprint density at radius 2 is 0.900 bits per heavy atom. The average molecular weight is 514 g/mol. The van der Waals surface area contributed by atoms with Crippen LogP contribution in [0.15, 0.2) is 132 Å². The Balaban J connectivity index is 1.33. The van der Waals surface area contributed by atoms with Gasteiger partial charge in [-0.1, -0.05) is 66.7 Å².